The number of benzene rings is 1. The summed E-state index contributed by atoms with van der Waals surface area (Å²) < 4.78 is 0. The Morgan fingerprint density at radius 3 is 2.22 bits per heavy atom. The van der Waals surface area contributed by atoms with Crippen molar-refractivity contribution in [2.75, 3.05) is 48.3 Å². The van der Waals surface area contributed by atoms with Crippen LogP contribution in [-0.2, 0) is 4.79 Å². The van der Waals surface area contributed by atoms with E-state index in [1.807, 2.05) is 4.90 Å². The van der Waals surface area contributed by atoms with Crippen molar-refractivity contribution < 1.29 is 14.7 Å². The number of likely N-dealkylation sites (N-methyl/N-ethyl adjacent to an activating group) is 1. The van der Waals surface area contributed by atoms with Crippen molar-refractivity contribution in [2.45, 2.75) is 19.4 Å². The average Bonchev–Trinajstić information content (AvgIpc) is 2.88. The molecule has 2 aromatic carbocycles. The summed E-state index contributed by atoms with van der Waals surface area (Å²) >= 11 is 12.1. The van der Waals surface area contributed by atoms with Crippen LogP contribution in [0.25, 0.3) is 0 Å². The Kier molecular flexibility index (Phi) is 8.11. The van der Waals surface area contributed by atoms with Gasteiger partial charge in [-0.2, -0.15) is 0 Å². The number of aliphatic carboxylic acids is 1. The molecule has 4 rings (SSSR count). The molecule has 1 amide bonds. The molecule has 1 saturated heterocycles. The molecule has 0 aliphatic carbocycles. The summed E-state index contributed by atoms with van der Waals surface area (Å²) in [6.45, 7) is 5.74. The Bertz CT molecular complexity index is 1360. The number of nitrogens with one attached hydrogen (secondary N) is 2. The number of nitrogens with zero attached hydrogens (tertiary/aromatic N) is 3. The summed E-state index contributed by atoms with van der Waals surface area (Å²) in [5, 5.41) is 15.4. The van der Waals surface area contributed by atoms with Gasteiger partial charge in [-0.1, -0.05) is 42.3 Å². The van der Waals surface area contributed by atoms with Crippen molar-refractivity contribution in [3.63, 3.8) is 0 Å². The minimum Gasteiger partial charge on any atom is -0.481 e. The van der Waals surface area contributed by atoms with Gasteiger partial charge in [0.15, 0.2) is 0 Å². The van der Waals surface area contributed by atoms with E-state index >= 15 is 0 Å². The van der Waals surface area contributed by atoms with Crippen molar-refractivity contribution in [2.24, 2.45) is 0 Å². The van der Waals surface area contributed by atoms with Crippen LogP contribution in [0, 0.1) is 0 Å². The SMILES string of the molecule is CCN1CCN(c2c(NC(CC(=O)O)c3ccc(NC(=O)c4c(Cl)cncc4Cl)cc3)c(=O)c2=O)CC1. The predicted molar refractivity (Wildman–Crippen MR) is 143 cm³/mol. The number of hydrogen-bond acceptors (Lipinski definition) is 8. The summed E-state index contributed by atoms with van der Waals surface area (Å²) in [7, 11) is 0. The van der Waals surface area contributed by atoms with E-state index in [-0.39, 0.29) is 27.7 Å². The van der Waals surface area contributed by atoms with Gasteiger partial charge in [-0.15, -0.1) is 0 Å². The molecule has 0 radical (unpaired) electrons. The lowest BCUT2D eigenvalue weighted by atomic mass is 10.0. The summed E-state index contributed by atoms with van der Waals surface area (Å²) in [6.07, 6.45) is 2.30. The molecule has 1 unspecified atom stereocenters. The standard InChI is InChI=1S/C25H25Cl2N5O5/c1-2-31-7-9-32(10-8-31)22-21(23(35)24(22)36)30-18(11-19(33)34)14-3-5-15(6-4-14)29-25(37)20-16(26)12-28-13-17(20)27/h3-6,12-13,18,30H,2,7-11H2,1H3,(H,29,37)(H,33,34). The van der Waals surface area contributed by atoms with Gasteiger partial charge in [-0.3, -0.25) is 24.2 Å². The molecule has 10 nitrogen and oxygen atoms in total. The third kappa shape index (κ3) is 5.76. The summed E-state index contributed by atoms with van der Waals surface area (Å²) in [6, 6.07) is 5.69. The Hall–Kier alpha value is -3.47. The molecule has 1 atom stereocenters. The average molecular weight is 546 g/mol. The second-order valence-electron chi connectivity index (χ2n) is 8.65. The normalized spacial score (nSPS) is 14.9. The molecule has 1 aromatic heterocycles. The number of aromatic nitrogens is 1. The fraction of sp³-hybridized carbons (Fsp3) is 0.320. The smallest absolute Gasteiger partial charge is 0.305 e. The number of piperazine rings is 1. The summed E-state index contributed by atoms with van der Waals surface area (Å²) in [5.74, 6) is -1.60. The highest BCUT2D eigenvalue weighted by Crippen LogP contribution is 2.29. The van der Waals surface area contributed by atoms with Crippen LogP contribution in [0.3, 0.4) is 0 Å². The lowest BCUT2D eigenvalue weighted by Gasteiger charge is -2.37. The third-order valence-electron chi connectivity index (χ3n) is 6.37. The van der Waals surface area contributed by atoms with Crippen LogP contribution in [-0.4, -0.2) is 59.6 Å². The van der Waals surface area contributed by atoms with Crippen LogP contribution in [0.1, 0.15) is 35.3 Å². The largest absolute Gasteiger partial charge is 0.481 e. The monoisotopic (exact) mass is 545 g/mol. The number of halogens is 2. The van der Waals surface area contributed by atoms with E-state index < -0.39 is 28.8 Å². The van der Waals surface area contributed by atoms with E-state index in [4.69, 9.17) is 23.2 Å². The van der Waals surface area contributed by atoms with Crippen LogP contribution in [0.5, 0.6) is 0 Å². The zero-order valence-corrected chi connectivity index (χ0v) is 21.5. The number of pyridine rings is 1. The lowest BCUT2D eigenvalue weighted by Crippen LogP contribution is -2.51. The van der Waals surface area contributed by atoms with Gasteiger partial charge < -0.3 is 25.5 Å². The maximum Gasteiger partial charge on any atom is 0.305 e. The number of anilines is 3. The molecular weight excluding hydrogens is 521 g/mol. The van der Waals surface area contributed by atoms with Gasteiger partial charge in [0.2, 0.25) is 0 Å². The fourth-order valence-electron chi connectivity index (χ4n) is 4.32. The number of carboxylic acid groups (broad SMARTS) is 1. The van der Waals surface area contributed by atoms with Gasteiger partial charge in [0, 0.05) is 44.3 Å². The van der Waals surface area contributed by atoms with E-state index in [0.717, 1.165) is 19.6 Å². The van der Waals surface area contributed by atoms with Crippen molar-refractivity contribution in [1.29, 1.82) is 0 Å². The Morgan fingerprint density at radius 1 is 1.03 bits per heavy atom. The molecule has 0 spiro atoms. The molecule has 3 N–H and O–H groups in total. The highest BCUT2D eigenvalue weighted by molar-refractivity contribution is 6.40. The molecule has 3 aromatic rings. The first-order valence-electron chi connectivity index (χ1n) is 11.7. The van der Waals surface area contributed by atoms with E-state index in [2.05, 4.69) is 27.4 Å². The highest BCUT2D eigenvalue weighted by atomic mass is 35.5. The van der Waals surface area contributed by atoms with Crippen molar-refractivity contribution in [1.82, 2.24) is 9.88 Å². The lowest BCUT2D eigenvalue weighted by molar-refractivity contribution is -0.137. The van der Waals surface area contributed by atoms with Crippen LogP contribution < -0.4 is 26.4 Å². The fourth-order valence-corrected chi connectivity index (χ4v) is 4.86. The van der Waals surface area contributed by atoms with E-state index in [1.165, 1.54) is 12.4 Å². The van der Waals surface area contributed by atoms with Crippen molar-refractivity contribution in [3.8, 4) is 0 Å². The van der Waals surface area contributed by atoms with Gasteiger partial charge in [-0.25, -0.2) is 0 Å². The predicted octanol–water partition coefficient (Wildman–Crippen LogP) is 3.01. The minimum absolute atomic E-state index is 0.0835. The number of carbonyl (C=O) groups is 2. The second kappa shape index (κ2) is 11.3. The number of carbonyl (C=O) groups excluding carboxylic acids is 1. The number of carboxylic acids is 1. The molecule has 1 aliphatic rings. The van der Waals surface area contributed by atoms with Crippen LogP contribution in [0.15, 0.2) is 46.2 Å². The Balaban J connectivity index is 1.52. The molecule has 12 heteroatoms. The zero-order chi connectivity index (χ0) is 26.7. The Labute approximate surface area is 222 Å². The van der Waals surface area contributed by atoms with Gasteiger partial charge in [-0.05, 0) is 24.2 Å². The first-order chi connectivity index (χ1) is 17.7. The maximum absolute atomic E-state index is 12.6. The van der Waals surface area contributed by atoms with Gasteiger partial charge >= 0.3 is 5.97 Å². The third-order valence-corrected chi connectivity index (χ3v) is 6.94. The molecule has 0 saturated carbocycles. The first kappa shape index (κ1) is 26.6. The topological polar surface area (TPSA) is 132 Å². The molecule has 194 valence electrons. The quantitative estimate of drug-likeness (QED) is 0.347. The minimum atomic E-state index is -1.08. The van der Waals surface area contributed by atoms with Gasteiger partial charge in [0.1, 0.15) is 11.4 Å². The van der Waals surface area contributed by atoms with E-state index in [1.54, 1.807) is 24.3 Å². The maximum atomic E-state index is 12.6. The van der Waals surface area contributed by atoms with Gasteiger partial charge in [0.25, 0.3) is 16.8 Å². The molecule has 1 fully saturated rings. The van der Waals surface area contributed by atoms with Gasteiger partial charge in [0.05, 0.1) is 28.1 Å². The molecule has 1 aliphatic heterocycles. The van der Waals surface area contributed by atoms with E-state index in [0.29, 0.717) is 30.0 Å². The second-order valence-corrected chi connectivity index (χ2v) is 9.47. The Morgan fingerprint density at radius 2 is 1.65 bits per heavy atom. The van der Waals surface area contributed by atoms with E-state index in [9.17, 15) is 24.3 Å². The zero-order valence-electron chi connectivity index (χ0n) is 20.0. The highest BCUT2D eigenvalue weighted by Gasteiger charge is 2.30. The number of hydrogen-bond donors (Lipinski definition) is 3. The number of amides is 1. The van der Waals surface area contributed by atoms with Crippen molar-refractivity contribution in [3.05, 3.63) is 78.3 Å². The molecular formula is C25H25Cl2N5O5. The molecule has 2 heterocycles. The summed E-state index contributed by atoms with van der Waals surface area (Å²) in [5.41, 5.74) is 0.309. The van der Waals surface area contributed by atoms with Crippen LogP contribution >= 0.6 is 23.2 Å². The molecule has 37 heavy (non-hydrogen) atoms. The molecule has 0 bridgehead atoms. The van der Waals surface area contributed by atoms with Crippen LogP contribution in [0.4, 0.5) is 17.1 Å². The number of rotatable bonds is 9. The van der Waals surface area contributed by atoms with Crippen LogP contribution in [0.2, 0.25) is 10.0 Å². The summed E-state index contributed by atoms with van der Waals surface area (Å²) in [4.78, 5) is 57.0. The van der Waals surface area contributed by atoms with Crippen molar-refractivity contribution >= 4 is 52.1 Å². The first-order valence-corrected chi connectivity index (χ1v) is 12.4.